The number of benzene rings is 1. The molecule has 18 heavy (non-hydrogen) atoms. The van der Waals surface area contributed by atoms with Crippen LogP contribution in [0.5, 0.6) is 0 Å². The van der Waals surface area contributed by atoms with Gasteiger partial charge in [-0.1, -0.05) is 18.2 Å². The van der Waals surface area contributed by atoms with E-state index in [1.165, 1.54) is 11.6 Å². The first-order valence-electron chi connectivity index (χ1n) is 5.70. The van der Waals surface area contributed by atoms with Crippen molar-refractivity contribution in [2.24, 2.45) is 10.1 Å². The number of anilines is 1. The molecule has 0 amide bonds. The van der Waals surface area contributed by atoms with Gasteiger partial charge in [-0.3, -0.25) is 0 Å². The van der Waals surface area contributed by atoms with Crippen LogP contribution in [0.3, 0.4) is 0 Å². The van der Waals surface area contributed by atoms with E-state index in [1.807, 2.05) is 23.1 Å². The second-order valence-electron chi connectivity index (χ2n) is 4.40. The minimum atomic E-state index is -3.54. The number of amidine groups is 1. The predicted octanol–water partition coefficient (Wildman–Crippen LogP) is 0.634. The summed E-state index contributed by atoms with van der Waals surface area (Å²) in [7, 11) is -3.54. The van der Waals surface area contributed by atoms with Gasteiger partial charge in [0.05, 0.1) is 11.4 Å². The molecule has 0 aliphatic carbocycles. The first-order chi connectivity index (χ1) is 8.56. The quantitative estimate of drug-likeness (QED) is 0.849. The molecule has 2 heterocycles. The number of fused-ring (bicyclic) bond motifs is 1. The van der Waals surface area contributed by atoms with Crippen LogP contribution in [-0.4, -0.2) is 27.3 Å². The van der Waals surface area contributed by atoms with Gasteiger partial charge in [-0.25, -0.2) is 0 Å². The summed E-state index contributed by atoms with van der Waals surface area (Å²) in [5.74, 6) is 0.0671. The fourth-order valence-electron chi connectivity index (χ4n) is 2.35. The SMILES string of the molecule is NC1=NS(=O)(=O)C(CN2CCc3ccccc32)=C1. The van der Waals surface area contributed by atoms with Gasteiger partial charge in [0.25, 0.3) is 10.0 Å². The van der Waals surface area contributed by atoms with Crippen molar-refractivity contribution in [3.63, 3.8) is 0 Å². The maximum absolute atomic E-state index is 11.7. The number of hydrogen-bond donors (Lipinski definition) is 1. The molecule has 94 valence electrons. The van der Waals surface area contributed by atoms with E-state index in [9.17, 15) is 8.42 Å². The summed E-state index contributed by atoms with van der Waals surface area (Å²) in [5.41, 5.74) is 7.79. The van der Waals surface area contributed by atoms with E-state index in [0.29, 0.717) is 6.54 Å². The highest BCUT2D eigenvalue weighted by atomic mass is 32.2. The van der Waals surface area contributed by atoms with Crippen molar-refractivity contribution in [1.82, 2.24) is 0 Å². The highest BCUT2D eigenvalue weighted by molar-refractivity contribution is 7.94. The maximum Gasteiger partial charge on any atom is 0.282 e. The highest BCUT2D eigenvalue weighted by Gasteiger charge is 2.27. The lowest BCUT2D eigenvalue weighted by Gasteiger charge is -2.19. The van der Waals surface area contributed by atoms with Crippen LogP contribution in [0, 0.1) is 0 Å². The first-order valence-corrected chi connectivity index (χ1v) is 7.14. The van der Waals surface area contributed by atoms with Gasteiger partial charge in [0.1, 0.15) is 5.84 Å². The van der Waals surface area contributed by atoms with Gasteiger partial charge in [0.2, 0.25) is 0 Å². The molecule has 2 aliphatic heterocycles. The van der Waals surface area contributed by atoms with Crippen LogP contribution >= 0.6 is 0 Å². The van der Waals surface area contributed by atoms with E-state index in [0.717, 1.165) is 18.7 Å². The molecule has 6 heteroatoms. The second-order valence-corrected chi connectivity index (χ2v) is 6.06. The molecular formula is C12H13N3O2S. The van der Waals surface area contributed by atoms with Crippen molar-refractivity contribution in [2.45, 2.75) is 6.42 Å². The zero-order valence-corrected chi connectivity index (χ0v) is 10.5. The minimum absolute atomic E-state index is 0.0671. The average Bonchev–Trinajstić information content (AvgIpc) is 2.82. The van der Waals surface area contributed by atoms with Crippen LogP contribution in [0.1, 0.15) is 5.56 Å². The summed E-state index contributed by atoms with van der Waals surface area (Å²) in [6.45, 7) is 1.16. The van der Waals surface area contributed by atoms with Gasteiger partial charge < -0.3 is 10.6 Å². The fourth-order valence-corrected chi connectivity index (χ4v) is 3.39. The van der Waals surface area contributed by atoms with Crippen LogP contribution in [-0.2, 0) is 16.4 Å². The molecular weight excluding hydrogens is 250 g/mol. The second kappa shape index (κ2) is 3.84. The Kier molecular flexibility index (Phi) is 2.41. The van der Waals surface area contributed by atoms with Crippen LogP contribution in [0.2, 0.25) is 0 Å². The van der Waals surface area contributed by atoms with E-state index in [-0.39, 0.29) is 10.7 Å². The number of rotatable bonds is 2. The third kappa shape index (κ3) is 1.78. The monoisotopic (exact) mass is 263 g/mol. The smallest absolute Gasteiger partial charge is 0.282 e. The minimum Gasteiger partial charge on any atom is -0.383 e. The van der Waals surface area contributed by atoms with Crippen LogP contribution < -0.4 is 10.6 Å². The topological polar surface area (TPSA) is 75.8 Å². The zero-order chi connectivity index (χ0) is 12.8. The Morgan fingerprint density at radius 2 is 2.11 bits per heavy atom. The molecule has 0 atom stereocenters. The molecule has 0 saturated heterocycles. The van der Waals surface area contributed by atoms with Crippen LogP contribution in [0.4, 0.5) is 5.69 Å². The van der Waals surface area contributed by atoms with Gasteiger partial charge in [-0.2, -0.15) is 8.42 Å². The molecule has 1 aromatic carbocycles. The third-order valence-electron chi connectivity index (χ3n) is 3.20. The van der Waals surface area contributed by atoms with E-state index < -0.39 is 10.0 Å². The Morgan fingerprint density at radius 3 is 2.83 bits per heavy atom. The van der Waals surface area contributed by atoms with Gasteiger partial charge in [-0.15, -0.1) is 4.40 Å². The van der Waals surface area contributed by atoms with Crippen LogP contribution in [0.25, 0.3) is 0 Å². The van der Waals surface area contributed by atoms with Crippen LogP contribution in [0.15, 0.2) is 39.6 Å². The van der Waals surface area contributed by atoms with Crippen molar-refractivity contribution in [2.75, 3.05) is 18.0 Å². The third-order valence-corrected chi connectivity index (χ3v) is 4.56. The molecule has 0 unspecified atom stereocenters. The van der Waals surface area contributed by atoms with Gasteiger partial charge in [0.15, 0.2) is 0 Å². The first kappa shape index (κ1) is 11.3. The average molecular weight is 263 g/mol. The number of para-hydroxylation sites is 1. The van der Waals surface area contributed by atoms with Gasteiger partial charge in [-0.05, 0) is 24.1 Å². The maximum atomic E-state index is 11.7. The normalized spacial score (nSPS) is 20.6. The molecule has 0 bridgehead atoms. The van der Waals surface area contributed by atoms with E-state index in [2.05, 4.69) is 10.5 Å². The molecule has 2 N–H and O–H groups in total. The number of sulfonamides is 1. The summed E-state index contributed by atoms with van der Waals surface area (Å²) in [5, 5.41) is 0. The molecule has 0 aromatic heterocycles. The van der Waals surface area contributed by atoms with Crippen molar-refractivity contribution >= 4 is 21.5 Å². The molecule has 1 aromatic rings. The largest absolute Gasteiger partial charge is 0.383 e. The molecule has 3 rings (SSSR count). The zero-order valence-electron chi connectivity index (χ0n) is 9.70. The molecule has 0 fully saturated rings. The van der Waals surface area contributed by atoms with Crippen molar-refractivity contribution in [1.29, 1.82) is 0 Å². The lowest BCUT2D eigenvalue weighted by Crippen LogP contribution is -2.24. The lowest BCUT2D eigenvalue weighted by atomic mass is 10.2. The summed E-state index contributed by atoms with van der Waals surface area (Å²) in [4.78, 5) is 2.32. The van der Waals surface area contributed by atoms with E-state index >= 15 is 0 Å². The molecule has 0 saturated carbocycles. The Bertz CT molecular complexity index is 662. The molecule has 2 aliphatic rings. The fraction of sp³-hybridized carbons (Fsp3) is 0.250. The molecule has 0 radical (unpaired) electrons. The summed E-state index contributed by atoms with van der Waals surface area (Å²) >= 11 is 0. The van der Waals surface area contributed by atoms with Crippen molar-refractivity contribution in [3.05, 3.63) is 40.8 Å². The molecule has 5 nitrogen and oxygen atoms in total. The Morgan fingerprint density at radius 1 is 1.33 bits per heavy atom. The number of nitrogens with zero attached hydrogens (tertiary/aromatic N) is 2. The molecule has 0 spiro atoms. The highest BCUT2D eigenvalue weighted by Crippen LogP contribution is 2.29. The van der Waals surface area contributed by atoms with Gasteiger partial charge >= 0.3 is 0 Å². The van der Waals surface area contributed by atoms with E-state index in [4.69, 9.17) is 5.73 Å². The summed E-state index contributed by atoms with van der Waals surface area (Å²) in [6, 6.07) is 8.03. The summed E-state index contributed by atoms with van der Waals surface area (Å²) in [6.07, 6.45) is 2.39. The van der Waals surface area contributed by atoms with Crippen molar-refractivity contribution in [3.8, 4) is 0 Å². The van der Waals surface area contributed by atoms with E-state index in [1.54, 1.807) is 0 Å². The Hall–Kier alpha value is -1.82. The Labute approximate surface area is 106 Å². The summed E-state index contributed by atoms with van der Waals surface area (Å²) < 4.78 is 26.9. The number of nitrogens with two attached hydrogens (primary N) is 1. The Balaban J connectivity index is 1.87. The lowest BCUT2D eigenvalue weighted by molar-refractivity contribution is 0.603. The predicted molar refractivity (Wildman–Crippen MR) is 71.0 cm³/mol. The number of hydrogen-bond acceptors (Lipinski definition) is 4. The van der Waals surface area contributed by atoms with Gasteiger partial charge in [0, 0.05) is 12.2 Å². The van der Waals surface area contributed by atoms with Crippen molar-refractivity contribution < 1.29 is 8.42 Å². The standard InChI is InChI=1S/C12H13N3O2S/c13-12-7-10(18(16,17)14-12)8-15-6-5-9-3-1-2-4-11(9)15/h1-4,7H,5-6,8H2,(H2,13,14).